The zero-order valence-electron chi connectivity index (χ0n) is 11.8. The van der Waals surface area contributed by atoms with Crippen LogP contribution in [0, 0.1) is 6.92 Å². The van der Waals surface area contributed by atoms with Gasteiger partial charge in [0, 0.05) is 13.3 Å². The van der Waals surface area contributed by atoms with Gasteiger partial charge in [0.15, 0.2) is 0 Å². The quantitative estimate of drug-likeness (QED) is 0.865. The lowest BCUT2D eigenvalue weighted by molar-refractivity contribution is 0.182. The normalized spacial score (nSPS) is 10.6. The van der Waals surface area contributed by atoms with Gasteiger partial charge < -0.3 is 10.1 Å². The maximum Gasteiger partial charge on any atom is 0.287 e. The smallest absolute Gasteiger partial charge is 0.287 e. The van der Waals surface area contributed by atoms with Crippen molar-refractivity contribution in [3.63, 3.8) is 0 Å². The molecule has 0 aliphatic carbocycles. The number of halogens is 1. The summed E-state index contributed by atoms with van der Waals surface area (Å²) in [5.41, 5.74) is 1.71. The molecule has 2 rings (SSSR count). The van der Waals surface area contributed by atoms with Crippen molar-refractivity contribution < 1.29 is 4.74 Å². The van der Waals surface area contributed by atoms with E-state index >= 15 is 0 Å². The number of nitrogens with one attached hydrogen (secondary N) is 1. The molecule has 0 aromatic carbocycles. The summed E-state index contributed by atoms with van der Waals surface area (Å²) in [5, 5.41) is 7.17. The fourth-order valence-electron chi connectivity index (χ4n) is 1.62. The molecule has 21 heavy (non-hydrogen) atoms. The number of aromatic nitrogens is 4. The van der Waals surface area contributed by atoms with Crippen LogP contribution in [0.4, 0.5) is 5.69 Å². The number of nitrogens with zero attached hydrogens (tertiary/aromatic N) is 4. The Hall–Kier alpha value is -1.99. The molecular formula is C13H16ClN5O2. The second kappa shape index (κ2) is 7.14. The van der Waals surface area contributed by atoms with E-state index in [4.69, 9.17) is 16.3 Å². The number of rotatable bonds is 6. The lowest BCUT2D eigenvalue weighted by Gasteiger charge is -2.09. The standard InChI is InChI=1S/C13H16ClN5O2/c1-9-5-16-10(6-15-9)7-17-11-8-18-19(3-4-21-2)13(20)12(11)14/h5-6,8,17H,3-4,7H2,1-2H3. The number of ether oxygens (including phenoxy) is 1. The van der Waals surface area contributed by atoms with Crippen LogP contribution >= 0.6 is 11.6 Å². The van der Waals surface area contributed by atoms with Gasteiger partial charge in [-0.15, -0.1) is 0 Å². The first-order valence-electron chi connectivity index (χ1n) is 6.37. The summed E-state index contributed by atoms with van der Waals surface area (Å²) >= 11 is 6.06. The van der Waals surface area contributed by atoms with Crippen LogP contribution in [0.1, 0.15) is 11.4 Å². The molecule has 0 aliphatic heterocycles. The van der Waals surface area contributed by atoms with Crippen LogP contribution < -0.4 is 10.9 Å². The Labute approximate surface area is 126 Å². The molecule has 0 saturated carbocycles. The summed E-state index contributed by atoms with van der Waals surface area (Å²) in [6.07, 6.45) is 4.87. The fraction of sp³-hybridized carbons (Fsp3) is 0.385. The van der Waals surface area contributed by atoms with E-state index in [1.54, 1.807) is 19.5 Å². The van der Waals surface area contributed by atoms with Gasteiger partial charge in [-0.2, -0.15) is 5.10 Å². The summed E-state index contributed by atoms with van der Waals surface area (Å²) in [5.74, 6) is 0. The Balaban J connectivity index is 2.08. The maximum absolute atomic E-state index is 12.0. The molecule has 7 nitrogen and oxygen atoms in total. The first kappa shape index (κ1) is 15.4. The maximum atomic E-state index is 12.0. The molecular weight excluding hydrogens is 294 g/mol. The summed E-state index contributed by atoms with van der Waals surface area (Å²) in [7, 11) is 1.56. The van der Waals surface area contributed by atoms with Gasteiger partial charge in [0.25, 0.3) is 5.56 Å². The van der Waals surface area contributed by atoms with Gasteiger partial charge in [0.1, 0.15) is 5.02 Å². The highest BCUT2D eigenvalue weighted by atomic mass is 35.5. The minimum atomic E-state index is -0.353. The third kappa shape index (κ3) is 3.99. The Bertz CT molecular complexity index is 657. The van der Waals surface area contributed by atoms with Gasteiger partial charge in [-0.3, -0.25) is 14.8 Å². The van der Waals surface area contributed by atoms with E-state index in [9.17, 15) is 4.79 Å². The van der Waals surface area contributed by atoms with E-state index in [2.05, 4.69) is 20.4 Å². The highest BCUT2D eigenvalue weighted by Gasteiger charge is 2.09. The summed E-state index contributed by atoms with van der Waals surface area (Å²) in [6, 6.07) is 0. The number of aryl methyl sites for hydroxylation is 1. The molecule has 0 atom stereocenters. The molecule has 0 radical (unpaired) electrons. The van der Waals surface area contributed by atoms with Gasteiger partial charge in [0.2, 0.25) is 0 Å². The van der Waals surface area contributed by atoms with E-state index < -0.39 is 0 Å². The first-order valence-corrected chi connectivity index (χ1v) is 6.75. The van der Waals surface area contributed by atoms with Crippen LogP contribution in [0.3, 0.4) is 0 Å². The third-order valence-corrected chi connectivity index (χ3v) is 3.15. The Morgan fingerprint density at radius 1 is 1.33 bits per heavy atom. The monoisotopic (exact) mass is 309 g/mol. The SMILES string of the molecule is COCCn1ncc(NCc2cnc(C)cn2)c(Cl)c1=O. The second-order valence-corrected chi connectivity index (χ2v) is 4.77. The molecule has 0 saturated heterocycles. The lowest BCUT2D eigenvalue weighted by Crippen LogP contribution is -2.26. The molecule has 112 valence electrons. The van der Waals surface area contributed by atoms with Crippen molar-refractivity contribution in [2.24, 2.45) is 0 Å². The topological polar surface area (TPSA) is 81.9 Å². The molecule has 0 spiro atoms. The summed E-state index contributed by atoms with van der Waals surface area (Å²) < 4.78 is 6.18. The number of hydrogen-bond donors (Lipinski definition) is 1. The third-order valence-electron chi connectivity index (χ3n) is 2.79. The highest BCUT2D eigenvalue weighted by molar-refractivity contribution is 6.32. The highest BCUT2D eigenvalue weighted by Crippen LogP contribution is 2.15. The summed E-state index contributed by atoms with van der Waals surface area (Å²) in [4.78, 5) is 20.4. The van der Waals surface area contributed by atoms with Crippen molar-refractivity contribution in [2.75, 3.05) is 19.0 Å². The molecule has 2 aromatic heterocycles. The van der Waals surface area contributed by atoms with Crippen molar-refractivity contribution in [2.45, 2.75) is 20.0 Å². The van der Waals surface area contributed by atoms with Crippen LogP contribution in [0.15, 0.2) is 23.4 Å². The second-order valence-electron chi connectivity index (χ2n) is 4.40. The van der Waals surface area contributed by atoms with Crippen LogP contribution in [0.2, 0.25) is 5.02 Å². The number of anilines is 1. The van der Waals surface area contributed by atoms with Crippen molar-refractivity contribution in [1.82, 2.24) is 19.7 Å². The van der Waals surface area contributed by atoms with Gasteiger partial charge in [0.05, 0.1) is 49.2 Å². The molecule has 1 N–H and O–H groups in total. The molecule has 0 aliphatic rings. The van der Waals surface area contributed by atoms with Crippen molar-refractivity contribution >= 4 is 17.3 Å². The average Bonchev–Trinajstić information content (AvgIpc) is 2.49. The first-order chi connectivity index (χ1) is 10.1. The minimum absolute atomic E-state index is 0.0983. The van der Waals surface area contributed by atoms with Crippen molar-refractivity contribution in [1.29, 1.82) is 0 Å². The van der Waals surface area contributed by atoms with Gasteiger partial charge in [-0.05, 0) is 6.92 Å². The predicted octanol–water partition coefficient (Wildman–Crippen LogP) is 1.25. The zero-order valence-corrected chi connectivity index (χ0v) is 12.6. The van der Waals surface area contributed by atoms with Crippen LogP contribution in [-0.4, -0.2) is 33.5 Å². The Morgan fingerprint density at radius 2 is 2.14 bits per heavy atom. The summed E-state index contributed by atoms with van der Waals surface area (Å²) in [6.45, 7) is 3.04. The average molecular weight is 310 g/mol. The minimum Gasteiger partial charge on any atom is -0.383 e. The van der Waals surface area contributed by atoms with Gasteiger partial charge in [-0.25, -0.2) is 4.68 Å². The van der Waals surface area contributed by atoms with E-state index in [1.807, 2.05) is 6.92 Å². The van der Waals surface area contributed by atoms with E-state index in [0.717, 1.165) is 11.4 Å². The molecule has 2 aromatic rings. The molecule has 0 fully saturated rings. The Kier molecular flexibility index (Phi) is 5.24. The number of methoxy groups -OCH3 is 1. The van der Waals surface area contributed by atoms with E-state index in [1.165, 1.54) is 10.9 Å². The predicted molar refractivity (Wildman–Crippen MR) is 79.5 cm³/mol. The lowest BCUT2D eigenvalue weighted by atomic mass is 10.4. The van der Waals surface area contributed by atoms with Crippen LogP contribution in [0.25, 0.3) is 0 Å². The van der Waals surface area contributed by atoms with Crippen LogP contribution in [0.5, 0.6) is 0 Å². The molecule has 2 heterocycles. The molecule has 0 amide bonds. The number of hydrogen-bond acceptors (Lipinski definition) is 6. The molecule has 8 heteroatoms. The van der Waals surface area contributed by atoms with Crippen LogP contribution in [-0.2, 0) is 17.8 Å². The molecule has 0 bridgehead atoms. The Morgan fingerprint density at radius 3 is 2.81 bits per heavy atom. The zero-order chi connectivity index (χ0) is 15.2. The van der Waals surface area contributed by atoms with Gasteiger partial charge in [-0.1, -0.05) is 11.6 Å². The van der Waals surface area contributed by atoms with Crippen molar-refractivity contribution in [3.05, 3.63) is 45.4 Å². The fourth-order valence-corrected chi connectivity index (χ4v) is 1.83. The van der Waals surface area contributed by atoms with E-state index in [-0.39, 0.29) is 10.6 Å². The largest absolute Gasteiger partial charge is 0.383 e. The molecule has 0 unspecified atom stereocenters. The van der Waals surface area contributed by atoms with Gasteiger partial charge >= 0.3 is 0 Å². The van der Waals surface area contributed by atoms with Crippen molar-refractivity contribution in [3.8, 4) is 0 Å². The van der Waals surface area contributed by atoms with E-state index in [0.29, 0.717) is 25.4 Å².